The zero-order valence-electron chi connectivity index (χ0n) is 18.7. The van der Waals surface area contributed by atoms with Crippen molar-refractivity contribution in [2.75, 3.05) is 13.2 Å². The summed E-state index contributed by atoms with van der Waals surface area (Å²) in [4.78, 5) is 34.0. The van der Waals surface area contributed by atoms with Crippen LogP contribution in [0.15, 0.2) is 0 Å². The van der Waals surface area contributed by atoms with E-state index in [0.29, 0.717) is 6.42 Å². The summed E-state index contributed by atoms with van der Waals surface area (Å²) in [7, 11) is 0. The molecule has 0 aromatic heterocycles. The predicted molar refractivity (Wildman–Crippen MR) is 116 cm³/mol. The molecule has 3 unspecified atom stereocenters. The van der Waals surface area contributed by atoms with E-state index in [1.807, 2.05) is 0 Å². The fraction of sp³-hybridized carbons (Fsp3) is 0.864. The van der Waals surface area contributed by atoms with Gasteiger partial charge < -0.3 is 26.0 Å². The Balaban J connectivity index is 3.65. The molecule has 0 aliphatic heterocycles. The Kier molecular flexibility index (Phi) is 17.1. The highest BCUT2D eigenvalue weighted by molar-refractivity contribution is 5.87. The molecule has 5 N–H and O–H groups in total. The van der Waals surface area contributed by atoms with Gasteiger partial charge >= 0.3 is 5.97 Å². The van der Waals surface area contributed by atoms with Gasteiger partial charge in [0.05, 0.1) is 25.7 Å². The quantitative estimate of drug-likeness (QED) is 0.200. The maximum Gasteiger partial charge on any atom is 0.328 e. The van der Waals surface area contributed by atoms with Crippen LogP contribution in [0.3, 0.4) is 0 Å². The Bertz CT molecular complexity index is 486. The fourth-order valence-corrected chi connectivity index (χ4v) is 3.39. The van der Waals surface area contributed by atoms with Crippen molar-refractivity contribution in [3.63, 3.8) is 0 Å². The zero-order chi connectivity index (χ0) is 22.8. The first kappa shape index (κ1) is 28.3. The molecule has 0 aliphatic carbocycles. The molecule has 0 heterocycles. The van der Waals surface area contributed by atoms with Crippen molar-refractivity contribution in [1.82, 2.24) is 10.6 Å². The van der Waals surface area contributed by atoms with Gasteiger partial charge in [-0.15, -0.1) is 0 Å². The van der Waals surface area contributed by atoms with Gasteiger partial charge in [0, 0.05) is 0 Å². The second-order valence-corrected chi connectivity index (χ2v) is 8.22. The zero-order valence-corrected chi connectivity index (χ0v) is 18.7. The number of carbonyl (C=O) groups is 3. The Morgan fingerprint density at radius 1 is 0.867 bits per heavy atom. The van der Waals surface area contributed by atoms with Crippen LogP contribution in [0.25, 0.3) is 0 Å². The minimum atomic E-state index is -1.40. The average molecular weight is 431 g/mol. The molecule has 8 nitrogen and oxygen atoms in total. The van der Waals surface area contributed by atoms with E-state index in [1.54, 1.807) is 0 Å². The molecule has 3 atom stereocenters. The smallest absolute Gasteiger partial charge is 0.328 e. The Morgan fingerprint density at radius 3 is 1.97 bits per heavy atom. The monoisotopic (exact) mass is 430 g/mol. The number of aliphatic carboxylic acids is 1. The van der Waals surface area contributed by atoms with Crippen LogP contribution in [-0.4, -0.2) is 58.4 Å². The van der Waals surface area contributed by atoms with E-state index in [0.717, 1.165) is 25.2 Å². The topological polar surface area (TPSA) is 136 Å². The number of nitrogens with one attached hydrogen (secondary N) is 2. The van der Waals surface area contributed by atoms with Crippen LogP contribution in [-0.2, 0) is 14.4 Å². The summed E-state index contributed by atoms with van der Waals surface area (Å²) in [5, 5.41) is 31.9. The highest BCUT2D eigenvalue weighted by Crippen LogP contribution is 2.16. The molecule has 0 aliphatic rings. The molecule has 0 aromatic carbocycles. The number of hydrogen-bond donors (Lipinski definition) is 5. The van der Waals surface area contributed by atoms with E-state index >= 15 is 0 Å². The highest BCUT2D eigenvalue weighted by atomic mass is 16.4. The van der Waals surface area contributed by atoms with Gasteiger partial charge in [0.25, 0.3) is 0 Å². The number of amides is 2. The first-order chi connectivity index (χ1) is 14.3. The minimum absolute atomic E-state index is 0.0917. The van der Waals surface area contributed by atoms with Gasteiger partial charge in [0.15, 0.2) is 0 Å². The second kappa shape index (κ2) is 18.1. The molecular weight excluding hydrogens is 388 g/mol. The second-order valence-electron chi connectivity index (χ2n) is 8.22. The summed E-state index contributed by atoms with van der Waals surface area (Å²) in [6, 6.07) is -1.40. The van der Waals surface area contributed by atoms with Crippen LogP contribution in [0.2, 0.25) is 0 Å². The van der Waals surface area contributed by atoms with Crippen LogP contribution >= 0.6 is 0 Å². The van der Waals surface area contributed by atoms with Gasteiger partial charge in [-0.25, -0.2) is 4.79 Å². The fourth-order valence-electron chi connectivity index (χ4n) is 3.39. The molecule has 176 valence electrons. The van der Waals surface area contributed by atoms with Gasteiger partial charge in [0.1, 0.15) is 6.04 Å². The van der Waals surface area contributed by atoms with Gasteiger partial charge in [-0.2, -0.15) is 0 Å². The predicted octanol–water partition coefficient (Wildman–Crippen LogP) is 2.36. The number of unbranched alkanes of at least 4 members (excludes halogenated alkanes) is 6. The maximum absolute atomic E-state index is 11.8. The van der Waals surface area contributed by atoms with E-state index in [-0.39, 0.29) is 6.42 Å². The lowest BCUT2D eigenvalue weighted by Crippen LogP contribution is -2.47. The van der Waals surface area contributed by atoms with Crippen LogP contribution < -0.4 is 10.6 Å². The van der Waals surface area contributed by atoms with Crippen molar-refractivity contribution in [3.8, 4) is 0 Å². The van der Waals surface area contributed by atoms with Crippen LogP contribution in [0.1, 0.15) is 90.9 Å². The Labute approximate surface area is 180 Å². The molecule has 0 fully saturated rings. The summed E-state index contributed by atoms with van der Waals surface area (Å²) in [6.45, 7) is 3.44. The molecule has 2 amide bonds. The molecule has 0 spiro atoms. The Hall–Kier alpha value is -1.67. The third kappa shape index (κ3) is 16.2. The van der Waals surface area contributed by atoms with Crippen molar-refractivity contribution in [2.24, 2.45) is 5.92 Å². The van der Waals surface area contributed by atoms with Gasteiger partial charge in [-0.05, 0) is 12.3 Å². The summed E-state index contributed by atoms with van der Waals surface area (Å²) in [6.07, 6.45) is 11.7. The minimum Gasteiger partial charge on any atom is -0.480 e. The largest absolute Gasteiger partial charge is 0.480 e. The third-order valence-corrected chi connectivity index (χ3v) is 5.20. The molecule has 0 saturated heterocycles. The molecule has 0 radical (unpaired) electrons. The lowest BCUT2D eigenvalue weighted by Gasteiger charge is -2.13. The standard InChI is InChI=1S/C22H42N2O6/c1-3-11-17(2)12-9-7-5-4-6-8-10-13-18(26)14-20(27)23-15-21(28)24-19(16-25)22(29)30/h17-19,25-26H,3-16H2,1-2H3,(H,23,27)(H,24,28)(H,29,30). The van der Waals surface area contributed by atoms with E-state index in [2.05, 4.69) is 24.5 Å². The SMILES string of the molecule is CCCC(C)CCCCCCCCCC(O)CC(=O)NCC(=O)NC(CO)C(=O)O. The van der Waals surface area contributed by atoms with Gasteiger partial charge in [-0.1, -0.05) is 78.1 Å². The first-order valence-corrected chi connectivity index (χ1v) is 11.4. The van der Waals surface area contributed by atoms with Crippen molar-refractivity contribution < 1.29 is 29.7 Å². The normalized spacial score (nSPS) is 14.0. The number of carboxylic acids is 1. The maximum atomic E-state index is 11.8. The number of hydrogen-bond acceptors (Lipinski definition) is 5. The van der Waals surface area contributed by atoms with Crippen LogP contribution in [0.5, 0.6) is 0 Å². The van der Waals surface area contributed by atoms with Gasteiger partial charge in [-0.3, -0.25) is 9.59 Å². The number of aliphatic hydroxyl groups excluding tert-OH is 2. The van der Waals surface area contributed by atoms with Gasteiger partial charge in [0.2, 0.25) is 11.8 Å². The third-order valence-electron chi connectivity index (χ3n) is 5.20. The number of aliphatic hydroxyl groups is 2. The van der Waals surface area contributed by atoms with E-state index in [1.165, 1.54) is 44.9 Å². The van der Waals surface area contributed by atoms with Crippen LogP contribution in [0.4, 0.5) is 0 Å². The molecule has 0 saturated carbocycles. The van der Waals surface area contributed by atoms with Crippen LogP contribution in [0, 0.1) is 5.92 Å². The Morgan fingerprint density at radius 2 is 1.43 bits per heavy atom. The summed E-state index contributed by atoms with van der Waals surface area (Å²) in [5.74, 6) is -1.69. The molecule has 0 aromatic rings. The summed E-state index contributed by atoms with van der Waals surface area (Å²) >= 11 is 0. The van der Waals surface area contributed by atoms with E-state index < -0.39 is 43.1 Å². The van der Waals surface area contributed by atoms with Crippen molar-refractivity contribution in [2.45, 2.75) is 103 Å². The number of rotatable bonds is 19. The number of carbonyl (C=O) groups excluding carboxylic acids is 2. The first-order valence-electron chi connectivity index (χ1n) is 11.4. The lowest BCUT2D eigenvalue weighted by molar-refractivity contribution is -0.142. The van der Waals surface area contributed by atoms with E-state index in [9.17, 15) is 19.5 Å². The summed E-state index contributed by atoms with van der Waals surface area (Å²) < 4.78 is 0. The molecule has 8 heteroatoms. The van der Waals surface area contributed by atoms with Crippen molar-refractivity contribution in [1.29, 1.82) is 0 Å². The lowest BCUT2D eigenvalue weighted by atomic mass is 9.98. The molecule has 30 heavy (non-hydrogen) atoms. The van der Waals surface area contributed by atoms with Crippen molar-refractivity contribution >= 4 is 17.8 Å². The number of carboxylic acid groups (broad SMARTS) is 1. The van der Waals surface area contributed by atoms with E-state index in [4.69, 9.17) is 10.2 Å². The summed E-state index contributed by atoms with van der Waals surface area (Å²) in [5.41, 5.74) is 0. The molecule has 0 bridgehead atoms. The highest BCUT2D eigenvalue weighted by Gasteiger charge is 2.19. The van der Waals surface area contributed by atoms with Crippen molar-refractivity contribution in [3.05, 3.63) is 0 Å². The molecular formula is C22H42N2O6. The molecule has 0 rings (SSSR count). The average Bonchev–Trinajstić information content (AvgIpc) is 2.69.